The number of halogens is 1. The zero-order chi connectivity index (χ0) is 8.55. The molecule has 0 radical (unpaired) electrons. The number of thiophene rings is 1. The molecule has 12 heavy (non-hydrogen) atoms. The van der Waals surface area contributed by atoms with E-state index in [9.17, 15) is 0 Å². The molecule has 0 amide bonds. The second-order valence-electron chi connectivity index (χ2n) is 2.06. The van der Waals surface area contributed by atoms with E-state index >= 15 is 0 Å². The molecule has 0 unspecified atom stereocenters. The fourth-order valence-electron chi connectivity index (χ4n) is 0.764. The van der Waals surface area contributed by atoms with Crippen LogP contribution < -0.4 is 5.73 Å². The second kappa shape index (κ2) is 2.76. The van der Waals surface area contributed by atoms with Crippen molar-refractivity contribution in [1.29, 1.82) is 0 Å². The molecule has 6 heteroatoms. The molecule has 4 nitrogen and oxygen atoms in total. The Bertz CT molecular complexity index is 359. The lowest BCUT2D eigenvalue weighted by atomic mass is 10.5. The number of hydrogen-bond acceptors (Lipinski definition) is 5. The fourth-order valence-corrected chi connectivity index (χ4v) is 1.73. The molecule has 0 aliphatic rings. The predicted molar refractivity (Wildman–Crippen MR) is 47.0 cm³/mol. The average molecular weight is 202 g/mol. The van der Waals surface area contributed by atoms with Crippen LogP contribution in [0.2, 0.25) is 4.34 Å². The minimum absolute atomic E-state index is 0.134. The highest BCUT2D eigenvalue weighted by Crippen LogP contribution is 2.29. The minimum Gasteiger partial charge on any atom is -0.365 e. The van der Waals surface area contributed by atoms with Crippen molar-refractivity contribution in [2.24, 2.45) is 0 Å². The normalized spacial score (nSPS) is 10.4. The molecule has 0 aromatic carbocycles. The Morgan fingerprint density at radius 3 is 2.83 bits per heavy atom. The van der Waals surface area contributed by atoms with Crippen LogP contribution in [0.5, 0.6) is 0 Å². The van der Waals surface area contributed by atoms with Crippen LogP contribution in [-0.2, 0) is 0 Å². The Labute approximate surface area is 77.0 Å². The number of nitrogens with zero attached hydrogens (tertiary/aromatic N) is 2. The van der Waals surface area contributed by atoms with Crippen LogP contribution in [0, 0.1) is 0 Å². The van der Waals surface area contributed by atoms with E-state index in [-0.39, 0.29) is 5.95 Å². The standard InChI is InChI=1S/C6H4ClN3OS/c7-4-2-1-3(12-4)5-9-6(8)10-11-5/h1-2H,(H2,8,10). The third-order valence-corrected chi connectivity index (χ3v) is 2.44. The average Bonchev–Trinajstić information content (AvgIpc) is 2.58. The molecule has 2 aromatic rings. The van der Waals surface area contributed by atoms with Crippen LogP contribution in [0.4, 0.5) is 5.95 Å². The van der Waals surface area contributed by atoms with Gasteiger partial charge in [-0.15, -0.1) is 11.3 Å². The lowest BCUT2D eigenvalue weighted by Crippen LogP contribution is -1.84. The van der Waals surface area contributed by atoms with Crippen LogP contribution in [0.25, 0.3) is 10.8 Å². The maximum absolute atomic E-state index is 5.71. The van der Waals surface area contributed by atoms with Gasteiger partial charge in [-0.25, -0.2) is 0 Å². The monoisotopic (exact) mass is 201 g/mol. The van der Waals surface area contributed by atoms with Crippen molar-refractivity contribution in [3.05, 3.63) is 16.5 Å². The summed E-state index contributed by atoms with van der Waals surface area (Å²) in [5, 5.41) is 3.46. The lowest BCUT2D eigenvalue weighted by molar-refractivity contribution is 0.434. The number of nitrogen functional groups attached to an aromatic ring is 1. The summed E-state index contributed by atoms with van der Waals surface area (Å²) in [4.78, 5) is 4.67. The highest BCUT2D eigenvalue weighted by Gasteiger charge is 2.08. The first-order chi connectivity index (χ1) is 5.75. The first-order valence-electron chi connectivity index (χ1n) is 3.10. The number of anilines is 1. The van der Waals surface area contributed by atoms with Gasteiger partial charge in [0.05, 0.1) is 9.21 Å². The first kappa shape index (κ1) is 7.57. The highest BCUT2D eigenvalue weighted by molar-refractivity contribution is 7.19. The molecule has 2 N–H and O–H groups in total. The van der Waals surface area contributed by atoms with Crippen LogP contribution in [0.3, 0.4) is 0 Å². The Morgan fingerprint density at radius 1 is 1.50 bits per heavy atom. The fraction of sp³-hybridized carbons (Fsp3) is 0. The second-order valence-corrected chi connectivity index (χ2v) is 3.78. The van der Waals surface area contributed by atoms with Crippen molar-refractivity contribution in [1.82, 2.24) is 10.1 Å². The van der Waals surface area contributed by atoms with Crippen LogP contribution >= 0.6 is 22.9 Å². The zero-order valence-corrected chi connectivity index (χ0v) is 7.39. The van der Waals surface area contributed by atoms with Crippen LogP contribution in [0.1, 0.15) is 0 Å². The van der Waals surface area contributed by atoms with E-state index in [0.29, 0.717) is 10.2 Å². The Morgan fingerprint density at radius 2 is 2.33 bits per heavy atom. The van der Waals surface area contributed by atoms with E-state index in [0.717, 1.165) is 4.88 Å². The molecular weight excluding hydrogens is 198 g/mol. The summed E-state index contributed by atoms with van der Waals surface area (Å²) in [5.41, 5.74) is 5.28. The summed E-state index contributed by atoms with van der Waals surface area (Å²) >= 11 is 7.08. The smallest absolute Gasteiger partial charge is 0.269 e. The molecule has 0 aliphatic heterocycles. The molecule has 0 saturated carbocycles. The first-order valence-corrected chi connectivity index (χ1v) is 4.30. The van der Waals surface area contributed by atoms with Gasteiger partial charge in [-0.1, -0.05) is 11.6 Å². The molecule has 2 heterocycles. The Hall–Kier alpha value is -1.07. The van der Waals surface area contributed by atoms with E-state index in [1.165, 1.54) is 11.3 Å². The third-order valence-electron chi connectivity index (χ3n) is 1.23. The van der Waals surface area contributed by atoms with Gasteiger partial charge in [-0.2, -0.15) is 4.98 Å². The highest BCUT2D eigenvalue weighted by atomic mass is 35.5. The van der Waals surface area contributed by atoms with E-state index < -0.39 is 0 Å². The summed E-state index contributed by atoms with van der Waals surface area (Å²) in [6.45, 7) is 0. The van der Waals surface area contributed by atoms with Gasteiger partial charge in [-0.3, -0.25) is 0 Å². The number of aromatic nitrogens is 2. The summed E-state index contributed by atoms with van der Waals surface area (Å²) in [7, 11) is 0. The summed E-state index contributed by atoms with van der Waals surface area (Å²) in [6.07, 6.45) is 0. The molecule has 0 bridgehead atoms. The van der Waals surface area contributed by atoms with Gasteiger partial charge in [0.25, 0.3) is 11.8 Å². The van der Waals surface area contributed by atoms with Gasteiger partial charge in [0.15, 0.2) is 0 Å². The van der Waals surface area contributed by atoms with Crippen molar-refractivity contribution in [2.75, 3.05) is 5.73 Å². The molecule has 2 aromatic heterocycles. The van der Waals surface area contributed by atoms with Crippen LogP contribution in [-0.4, -0.2) is 10.1 Å². The molecule has 2 rings (SSSR count). The summed E-state index contributed by atoms with van der Waals surface area (Å²) in [5.74, 6) is 0.541. The SMILES string of the molecule is Nc1noc(-c2ccc(Cl)s2)n1. The van der Waals surface area contributed by atoms with E-state index in [1.807, 2.05) is 0 Å². The Balaban J connectivity index is 2.43. The van der Waals surface area contributed by atoms with Crippen molar-refractivity contribution < 1.29 is 4.52 Å². The van der Waals surface area contributed by atoms with Gasteiger partial charge >= 0.3 is 0 Å². The molecule has 62 valence electrons. The van der Waals surface area contributed by atoms with Gasteiger partial charge in [0, 0.05) is 0 Å². The van der Waals surface area contributed by atoms with Gasteiger partial charge in [0.1, 0.15) is 0 Å². The third kappa shape index (κ3) is 1.28. The molecule has 0 atom stereocenters. The van der Waals surface area contributed by atoms with Crippen molar-refractivity contribution in [2.45, 2.75) is 0 Å². The number of nitrogens with two attached hydrogens (primary N) is 1. The van der Waals surface area contributed by atoms with Crippen molar-refractivity contribution in [3.8, 4) is 10.8 Å². The Kier molecular flexibility index (Phi) is 1.74. The maximum atomic E-state index is 5.71. The molecule has 0 aliphatic carbocycles. The molecule has 0 saturated heterocycles. The van der Waals surface area contributed by atoms with E-state index in [4.69, 9.17) is 21.9 Å². The van der Waals surface area contributed by atoms with Gasteiger partial charge in [-0.05, 0) is 17.3 Å². The molecule has 0 fully saturated rings. The quantitative estimate of drug-likeness (QED) is 0.767. The summed E-state index contributed by atoms with van der Waals surface area (Å²) in [6, 6.07) is 3.57. The van der Waals surface area contributed by atoms with Crippen LogP contribution in [0.15, 0.2) is 16.7 Å². The zero-order valence-electron chi connectivity index (χ0n) is 5.82. The lowest BCUT2D eigenvalue weighted by Gasteiger charge is -1.81. The van der Waals surface area contributed by atoms with Gasteiger partial charge < -0.3 is 10.3 Å². The maximum Gasteiger partial charge on any atom is 0.269 e. The topological polar surface area (TPSA) is 64.9 Å². The molecule has 0 spiro atoms. The minimum atomic E-state index is 0.134. The summed E-state index contributed by atoms with van der Waals surface area (Å²) < 4.78 is 5.51. The number of rotatable bonds is 1. The number of hydrogen-bond donors (Lipinski definition) is 1. The van der Waals surface area contributed by atoms with Gasteiger partial charge in [0.2, 0.25) is 0 Å². The molecular formula is C6H4ClN3OS. The largest absolute Gasteiger partial charge is 0.365 e. The van der Waals surface area contributed by atoms with E-state index in [2.05, 4.69) is 10.1 Å². The van der Waals surface area contributed by atoms with E-state index in [1.54, 1.807) is 12.1 Å². The predicted octanol–water partition coefficient (Wildman–Crippen LogP) is 2.03. The van der Waals surface area contributed by atoms with Crippen molar-refractivity contribution in [3.63, 3.8) is 0 Å². The van der Waals surface area contributed by atoms with Crippen molar-refractivity contribution >= 4 is 28.9 Å².